The van der Waals surface area contributed by atoms with Crippen LogP contribution in [0.25, 0.3) is 0 Å². The van der Waals surface area contributed by atoms with Crippen molar-refractivity contribution in [2.75, 3.05) is 7.05 Å². The van der Waals surface area contributed by atoms with Crippen LogP contribution in [0.1, 0.15) is 35.7 Å². The van der Waals surface area contributed by atoms with Crippen molar-refractivity contribution in [2.45, 2.75) is 25.6 Å². The van der Waals surface area contributed by atoms with Crippen LogP contribution in [0.3, 0.4) is 0 Å². The number of oxazole rings is 1. The van der Waals surface area contributed by atoms with E-state index < -0.39 is 11.7 Å². The van der Waals surface area contributed by atoms with Crippen LogP contribution in [-0.4, -0.2) is 12.0 Å². The highest BCUT2D eigenvalue weighted by atomic mass is 19.4. The van der Waals surface area contributed by atoms with E-state index in [0.717, 1.165) is 23.4 Å². The largest absolute Gasteiger partial charge is 0.448 e. The van der Waals surface area contributed by atoms with Crippen molar-refractivity contribution in [1.82, 2.24) is 10.3 Å². The Kier molecular flexibility index (Phi) is 4.13. The summed E-state index contributed by atoms with van der Waals surface area (Å²) in [4.78, 5) is 4.30. The summed E-state index contributed by atoms with van der Waals surface area (Å²) in [6.07, 6.45) is -2.38. The fraction of sp³-hybridized carbons (Fsp3) is 0.357. The molecule has 0 bridgehead atoms. The summed E-state index contributed by atoms with van der Waals surface area (Å²) in [5, 5.41) is 3.03. The molecule has 1 aromatic heterocycles. The predicted octanol–water partition coefficient (Wildman–Crippen LogP) is 3.56. The lowest BCUT2D eigenvalue weighted by molar-refractivity contribution is -0.137. The van der Waals surface area contributed by atoms with Gasteiger partial charge in [0, 0.05) is 12.5 Å². The summed E-state index contributed by atoms with van der Waals surface area (Å²) in [6.45, 7) is 1.94. The summed E-state index contributed by atoms with van der Waals surface area (Å²) < 4.78 is 42.6. The monoisotopic (exact) mass is 284 g/mol. The number of rotatable bonds is 4. The van der Waals surface area contributed by atoms with Gasteiger partial charge >= 0.3 is 6.18 Å². The Balaban J connectivity index is 2.08. The first-order valence-corrected chi connectivity index (χ1v) is 6.18. The number of halogens is 3. The van der Waals surface area contributed by atoms with E-state index >= 15 is 0 Å². The van der Waals surface area contributed by atoms with Crippen LogP contribution in [0, 0.1) is 0 Å². The van der Waals surface area contributed by atoms with E-state index in [-0.39, 0.29) is 6.04 Å². The van der Waals surface area contributed by atoms with Crippen molar-refractivity contribution in [3.8, 4) is 0 Å². The van der Waals surface area contributed by atoms with E-state index in [1.165, 1.54) is 12.1 Å². The molecule has 1 heterocycles. The molecule has 0 aliphatic heterocycles. The van der Waals surface area contributed by atoms with E-state index in [4.69, 9.17) is 4.42 Å². The van der Waals surface area contributed by atoms with Crippen molar-refractivity contribution >= 4 is 0 Å². The van der Waals surface area contributed by atoms with Crippen LogP contribution in [0.5, 0.6) is 0 Å². The first kappa shape index (κ1) is 14.6. The Morgan fingerprint density at radius 2 is 1.90 bits per heavy atom. The van der Waals surface area contributed by atoms with Gasteiger partial charge in [0.25, 0.3) is 0 Å². The Morgan fingerprint density at radius 1 is 1.25 bits per heavy atom. The molecule has 1 aromatic carbocycles. The number of nitrogens with zero attached hydrogens (tertiary/aromatic N) is 1. The Bertz CT molecular complexity index is 561. The third-order valence-corrected chi connectivity index (χ3v) is 3.08. The maximum atomic E-state index is 12.4. The minimum absolute atomic E-state index is 0.0695. The second kappa shape index (κ2) is 5.66. The normalized spacial score (nSPS) is 13.4. The number of benzene rings is 1. The van der Waals surface area contributed by atoms with Gasteiger partial charge in [-0.2, -0.15) is 13.2 Å². The van der Waals surface area contributed by atoms with Gasteiger partial charge < -0.3 is 9.73 Å². The van der Waals surface area contributed by atoms with Crippen molar-refractivity contribution in [1.29, 1.82) is 0 Å². The molecule has 0 spiro atoms. The number of nitrogens with one attached hydrogen (secondary N) is 1. The summed E-state index contributed by atoms with van der Waals surface area (Å²) in [7, 11) is 1.81. The fourth-order valence-electron chi connectivity index (χ4n) is 1.74. The van der Waals surface area contributed by atoms with E-state index in [1.54, 1.807) is 6.26 Å². The Morgan fingerprint density at radius 3 is 2.45 bits per heavy atom. The highest BCUT2D eigenvalue weighted by molar-refractivity contribution is 5.26. The topological polar surface area (TPSA) is 38.1 Å². The zero-order valence-corrected chi connectivity index (χ0v) is 11.2. The van der Waals surface area contributed by atoms with E-state index in [9.17, 15) is 13.2 Å². The van der Waals surface area contributed by atoms with Gasteiger partial charge in [-0.1, -0.05) is 12.1 Å². The van der Waals surface area contributed by atoms with Crippen molar-refractivity contribution in [3.63, 3.8) is 0 Å². The highest BCUT2D eigenvalue weighted by Crippen LogP contribution is 2.29. The SMILES string of the molecule is CNC(C)c1coc(Cc2ccc(C(F)(F)F)cc2)n1. The van der Waals surface area contributed by atoms with Crippen molar-refractivity contribution in [2.24, 2.45) is 0 Å². The van der Waals surface area contributed by atoms with Crippen LogP contribution in [0.4, 0.5) is 13.2 Å². The maximum absolute atomic E-state index is 12.4. The molecule has 2 rings (SSSR count). The van der Waals surface area contributed by atoms with E-state index in [2.05, 4.69) is 10.3 Å². The first-order valence-electron chi connectivity index (χ1n) is 6.18. The lowest BCUT2D eigenvalue weighted by Gasteiger charge is -2.06. The molecular formula is C14H15F3N2O. The van der Waals surface area contributed by atoms with Crippen molar-refractivity contribution in [3.05, 3.63) is 53.2 Å². The van der Waals surface area contributed by atoms with Crippen LogP contribution >= 0.6 is 0 Å². The quantitative estimate of drug-likeness (QED) is 0.932. The zero-order valence-electron chi connectivity index (χ0n) is 11.2. The van der Waals surface area contributed by atoms with Gasteiger partial charge in [0.15, 0.2) is 5.89 Å². The van der Waals surface area contributed by atoms with Gasteiger partial charge in [-0.05, 0) is 31.7 Å². The zero-order chi connectivity index (χ0) is 14.8. The third kappa shape index (κ3) is 3.39. The van der Waals surface area contributed by atoms with Gasteiger partial charge in [-0.15, -0.1) is 0 Å². The molecule has 0 saturated heterocycles. The average molecular weight is 284 g/mol. The summed E-state index contributed by atoms with van der Waals surface area (Å²) in [5.41, 5.74) is 0.844. The van der Waals surface area contributed by atoms with Crippen LogP contribution < -0.4 is 5.32 Å². The molecule has 108 valence electrons. The Labute approximate surface area is 114 Å². The van der Waals surface area contributed by atoms with Crippen LogP contribution in [-0.2, 0) is 12.6 Å². The van der Waals surface area contributed by atoms with Gasteiger partial charge in [0.2, 0.25) is 0 Å². The molecule has 1 unspecified atom stereocenters. The molecule has 2 aromatic rings. The maximum Gasteiger partial charge on any atom is 0.416 e. The molecule has 0 aliphatic carbocycles. The van der Waals surface area contributed by atoms with Crippen molar-refractivity contribution < 1.29 is 17.6 Å². The molecular weight excluding hydrogens is 269 g/mol. The lowest BCUT2D eigenvalue weighted by atomic mass is 10.1. The van der Waals surface area contributed by atoms with Gasteiger partial charge in [0.05, 0.1) is 11.3 Å². The van der Waals surface area contributed by atoms with Gasteiger partial charge in [-0.3, -0.25) is 0 Å². The van der Waals surface area contributed by atoms with Crippen LogP contribution in [0.15, 0.2) is 34.9 Å². The molecule has 3 nitrogen and oxygen atoms in total. The smallest absolute Gasteiger partial charge is 0.416 e. The molecule has 0 fully saturated rings. The van der Waals surface area contributed by atoms with Gasteiger partial charge in [-0.25, -0.2) is 4.98 Å². The average Bonchev–Trinajstić information content (AvgIpc) is 2.86. The molecule has 0 amide bonds. The summed E-state index contributed by atoms with van der Waals surface area (Å²) in [5.74, 6) is 0.488. The number of aromatic nitrogens is 1. The van der Waals surface area contributed by atoms with Gasteiger partial charge in [0.1, 0.15) is 6.26 Å². The number of alkyl halides is 3. The lowest BCUT2D eigenvalue weighted by Crippen LogP contribution is -2.12. The predicted molar refractivity (Wildman–Crippen MR) is 68.2 cm³/mol. The van der Waals surface area contributed by atoms with E-state index in [0.29, 0.717) is 12.3 Å². The second-order valence-corrected chi connectivity index (χ2v) is 4.55. The van der Waals surface area contributed by atoms with E-state index in [1.807, 2.05) is 14.0 Å². The molecule has 0 aliphatic rings. The molecule has 20 heavy (non-hydrogen) atoms. The number of hydrogen-bond acceptors (Lipinski definition) is 3. The highest BCUT2D eigenvalue weighted by Gasteiger charge is 2.29. The second-order valence-electron chi connectivity index (χ2n) is 4.55. The molecule has 1 atom stereocenters. The minimum Gasteiger partial charge on any atom is -0.448 e. The summed E-state index contributed by atoms with van der Waals surface area (Å²) in [6, 6.07) is 5.08. The van der Waals surface area contributed by atoms with Crippen LogP contribution in [0.2, 0.25) is 0 Å². The molecule has 0 radical (unpaired) electrons. The third-order valence-electron chi connectivity index (χ3n) is 3.08. The number of hydrogen-bond donors (Lipinski definition) is 1. The first-order chi connectivity index (χ1) is 9.40. The fourth-order valence-corrected chi connectivity index (χ4v) is 1.74. The summed E-state index contributed by atoms with van der Waals surface area (Å²) >= 11 is 0. The standard InChI is InChI=1S/C14H15F3N2O/c1-9(18-2)12-8-20-13(19-12)7-10-3-5-11(6-4-10)14(15,16)17/h3-6,8-9,18H,7H2,1-2H3. The molecule has 0 saturated carbocycles. The molecule has 1 N–H and O–H groups in total. The Hall–Kier alpha value is -1.82. The minimum atomic E-state index is -4.31. The molecule has 6 heteroatoms.